The number of benzene rings is 10. The summed E-state index contributed by atoms with van der Waals surface area (Å²) in [6.07, 6.45) is 0. The second-order valence-electron chi connectivity index (χ2n) is 17.7. The van der Waals surface area contributed by atoms with Crippen LogP contribution in [0.4, 0.5) is 0 Å². The smallest absolute Gasteiger partial charge is 0.135 e. The van der Waals surface area contributed by atoms with Crippen LogP contribution < -0.4 is 0 Å². The number of rotatable bonds is 4. The van der Waals surface area contributed by atoms with Crippen LogP contribution in [0.3, 0.4) is 0 Å². The van der Waals surface area contributed by atoms with Crippen molar-refractivity contribution >= 4 is 119 Å². The number of nitrogens with zero attached hydrogens (tertiary/aromatic N) is 5. The van der Waals surface area contributed by atoms with E-state index in [2.05, 4.69) is 202 Å². The average Bonchev–Trinajstić information content (AvgIpc) is 4.21. The Hall–Kier alpha value is -9.40. The van der Waals surface area contributed by atoms with Crippen molar-refractivity contribution in [2.75, 3.05) is 0 Å². The van der Waals surface area contributed by atoms with Gasteiger partial charge in [0.1, 0.15) is 34.4 Å². The van der Waals surface area contributed by atoms with Crippen LogP contribution in [0.25, 0.3) is 136 Å². The second-order valence-corrected chi connectivity index (χ2v) is 18.8. The second kappa shape index (κ2) is 14.1. The normalized spacial score (nSPS) is 12.0. The van der Waals surface area contributed by atoms with Crippen LogP contribution in [0.15, 0.2) is 205 Å². The molecular formula is C62H33N5OS. The zero-order valence-corrected chi connectivity index (χ0v) is 37.4. The fraction of sp³-hybridized carbons (Fsp3) is 0. The molecule has 10 aromatic carbocycles. The maximum Gasteiger partial charge on any atom is 0.135 e. The van der Waals surface area contributed by atoms with E-state index in [0.29, 0.717) is 28.2 Å². The Balaban J connectivity index is 1.26. The number of furan rings is 1. The summed E-state index contributed by atoms with van der Waals surface area (Å²) in [5, 5.41) is 35.3. The molecule has 69 heavy (non-hydrogen) atoms. The maximum absolute atomic E-state index is 12.3. The Morgan fingerprint density at radius 2 is 0.797 bits per heavy atom. The number of nitriles is 2. The molecule has 5 heterocycles. The third kappa shape index (κ3) is 5.01. The molecule has 318 valence electrons. The maximum atomic E-state index is 12.3. The molecule has 0 bridgehead atoms. The minimum Gasteiger partial charge on any atom is -0.456 e. The van der Waals surface area contributed by atoms with Crippen LogP contribution in [0.2, 0.25) is 0 Å². The van der Waals surface area contributed by atoms with Gasteiger partial charge < -0.3 is 18.1 Å². The van der Waals surface area contributed by atoms with Crippen molar-refractivity contribution in [3.8, 4) is 40.3 Å². The predicted molar refractivity (Wildman–Crippen MR) is 284 cm³/mol. The first-order chi connectivity index (χ1) is 34.2. The molecule has 0 saturated carbocycles. The third-order valence-electron chi connectivity index (χ3n) is 14.3. The Morgan fingerprint density at radius 3 is 1.35 bits per heavy atom. The fourth-order valence-corrected chi connectivity index (χ4v) is 12.8. The number of hydrogen-bond donors (Lipinski definition) is 0. The van der Waals surface area contributed by atoms with E-state index in [0.717, 1.165) is 109 Å². The molecule has 6 nitrogen and oxygen atoms in total. The van der Waals surface area contributed by atoms with Crippen molar-refractivity contribution in [1.29, 1.82) is 10.5 Å². The molecule has 0 spiro atoms. The van der Waals surface area contributed by atoms with Crippen LogP contribution in [0.5, 0.6) is 0 Å². The summed E-state index contributed by atoms with van der Waals surface area (Å²) in [5.41, 5.74) is 11.5. The van der Waals surface area contributed by atoms with Gasteiger partial charge in [-0.1, -0.05) is 146 Å². The quantitative estimate of drug-likeness (QED) is 0.177. The van der Waals surface area contributed by atoms with Crippen molar-refractivity contribution in [1.82, 2.24) is 13.7 Å². The van der Waals surface area contributed by atoms with Gasteiger partial charge in [0.05, 0.1) is 54.9 Å². The van der Waals surface area contributed by atoms with Crippen molar-refractivity contribution < 1.29 is 4.42 Å². The Morgan fingerprint density at radius 1 is 0.362 bits per heavy atom. The highest BCUT2D eigenvalue weighted by Crippen LogP contribution is 2.51. The Labute approximate surface area is 397 Å². The first-order valence-electron chi connectivity index (χ1n) is 23.0. The molecule has 0 aliphatic carbocycles. The van der Waals surface area contributed by atoms with Crippen molar-refractivity contribution in [3.63, 3.8) is 0 Å². The Kier molecular flexibility index (Phi) is 7.70. The molecule has 15 rings (SSSR count). The van der Waals surface area contributed by atoms with E-state index in [1.54, 1.807) is 11.3 Å². The van der Waals surface area contributed by atoms with Crippen LogP contribution in [0.1, 0.15) is 11.1 Å². The molecule has 0 unspecified atom stereocenters. The van der Waals surface area contributed by atoms with Gasteiger partial charge in [-0.2, -0.15) is 10.5 Å². The highest BCUT2D eigenvalue weighted by molar-refractivity contribution is 7.26. The van der Waals surface area contributed by atoms with E-state index >= 15 is 0 Å². The van der Waals surface area contributed by atoms with E-state index in [1.165, 1.54) is 10.1 Å². The van der Waals surface area contributed by atoms with E-state index in [-0.39, 0.29) is 0 Å². The molecule has 15 aromatic rings. The van der Waals surface area contributed by atoms with Crippen molar-refractivity contribution in [2.24, 2.45) is 0 Å². The minimum absolute atomic E-state index is 0.385. The molecule has 5 aromatic heterocycles. The van der Waals surface area contributed by atoms with Crippen molar-refractivity contribution in [2.45, 2.75) is 0 Å². The minimum atomic E-state index is 0.385. The van der Waals surface area contributed by atoms with Gasteiger partial charge in [-0.05, 0) is 60.2 Å². The summed E-state index contributed by atoms with van der Waals surface area (Å²) in [6.45, 7) is 0. The van der Waals surface area contributed by atoms with Crippen LogP contribution >= 0.6 is 11.3 Å². The number of para-hydroxylation sites is 6. The average molecular weight is 896 g/mol. The summed E-state index contributed by atoms with van der Waals surface area (Å²) in [7, 11) is 0. The molecule has 0 aliphatic heterocycles. The molecule has 0 N–H and O–H groups in total. The first-order valence-corrected chi connectivity index (χ1v) is 23.8. The molecule has 0 atom stereocenters. The van der Waals surface area contributed by atoms with Gasteiger partial charge in [0.25, 0.3) is 0 Å². The standard InChI is InChI=1S/C62H33N5OS/c63-34-47-58(67-53-26-12-5-19-41(53)44-30-31-45-43-21-7-14-28-56(43)69-62(45)61(44)67)48(35-64)60(66-51-24-10-3-17-39(51)40-18-4-11-25-52(40)66)57(36-29-32-55-46(33-36)42-20-6-13-27-54(42)68-55)59(47)65-49-22-8-1-15-37(49)38-16-2-9-23-50(38)65/h1-33H. The van der Waals surface area contributed by atoms with Gasteiger partial charge in [-0.25, -0.2) is 0 Å². The summed E-state index contributed by atoms with van der Waals surface area (Å²) >= 11 is 1.75. The lowest BCUT2D eigenvalue weighted by molar-refractivity contribution is 0.669. The van der Waals surface area contributed by atoms with E-state index < -0.39 is 0 Å². The fourth-order valence-electron chi connectivity index (χ4n) is 11.5. The zero-order valence-electron chi connectivity index (χ0n) is 36.6. The molecule has 0 amide bonds. The van der Waals surface area contributed by atoms with Crippen molar-refractivity contribution in [3.05, 3.63) is 211 Å². The van der Waals surface area contributed by atoms with Gasteiger partial charge in [-0.3, -0.25) is 0 Å². The van der Waals surface area contributed by atoms with Crippen LogP contribution in [-0.4, -0.2) is 13.7 Å². The monoisotopic (exact) mass is 895 g/mol. The molecule has 0 saturated heterocycles. The lowest BCUT2D eigenvalue weighted by Gasteiger charge is -2.26. The Bertz CT molecular complexity index is 4570. The molecule has 0 fully saturated rings. The number of aromatic nitrogens is 3. The van der Waals surface area contributed by atoms with E-state index in [4.69, 9.17) is 4.42 Å². The number of fused-ring (bicyclic) bond motifs is 16. The third-order valence-corrected chi connectivity index (χ3v) is 15.5. The van der Waals surface area contributed by atoms with Crippen LogP contribution in [0, 0.1) is 22.7 Å². The predicted octanol–water partition coefficient (Wildman–Crippen LogP) is 16.7. The first kappa shape index (κ1) is 37.8. The van der Waals surface area contributed by atoms with Gasteiger partial charge in [0, 0.05) is 64.1 Å². The lowest BCUT2D eigenvalue weighted by Crippen LogP contribution is -2.14. The number of thiophene rings is 1. The molecule has 0 aliphatic rings. The van der Waals surface area contributed by atoms with E-state index in [9.17, 15) is 10.5 Å². The summed E-state index contributed by atoms with van der Waals surface area (Å²) in [4.78, 5) is 0. The van der Waals surface area contributed by atoms with E-state index in [1.807, 2.05) is 24.3 Å². The summed E-state index contributed by atoms with van der Waals surface area (Å²) in [6, 6.07) is 75.3. The van der Waals surface area contributed by atoms with Crippen LogP contribution in [-0.2, 0) is 0 Å². The topological polar surface area (TPSA) is 75.5 Å². The number of hydrogen-bond acceptors (Lipinski definition) is 4. The highest BCUT2D eigenvalue weighted by Gasteiger charge is 2.34. The molecule has 0 radical (unpaired) electrons. The van der Waals surface area contributed by atoms with Gasteiger partial charge >= 0.3 is 0 Å². The zero-order chi connectivity index (χ0) is 45.5. The molecule has 7 heteroatoms. The highest BCUT2D eigenvalue weighted by atomic mass is 32.1. The molecular weight excluding hydrogens is 863 g/mol. The van der Waals surface area contributed by atoms with Gasteiger partial charge in [0.2, 0.25) is 0 Å². The largest absolute Gasteiger partial charge is 0.456 e. The lowest BCUT2D eigenvalue weighted by atomic mass is 9.91. The summed E-state index contributed by atoms with van der Waals surface area (Å²) in [5.74, 6) is 0. The summed E-state index contributed by atoms with van der Waals surface area (Å²) < 4.78 is 15.5. The van der Waals surface area contributed by atoms with Gasteiger partial charge in [0.15, 0.2) is 0 Å². The SMILES string of the molecule is N#Cc1c(-n2c3ccccc3c3ccccc32)c(-c2ccc3oc4ccccc4c3c2)c(-n2c3ccccc3c3ccccc32)c(C#N)c1-n1c2ccccc2c2ccc3c4ccccc4sc3c21. The van der Waals surface area contributed by atoms with Gasteiger partial charge in [-0.15, -0.1) is 11.3 Å².